The maximum absolute atomic E-state index is 12.8. The van der Waals surface area contributed by atoms with Gasteiger partial charge in [0, 0.05) is 32.0 Å². The first kappa shape index (κ1) is 18.1. The molecule has 0 N–H and O–H groups in total. The molecule has 0 radical (unpaired) electrons. The Labute approximate surface area is 158 Å². The predicted octanol–water partition coefficient (Wildman–Crippen LogP) is 1.16. The fourth-order valence-electron chi connectivity index (χ4n) is 3.30. The van der Waals surface area contributed by atoms with Crippen molar-refractivity contribution in [2.24, 2.45) is 0 Å². The van der Waals surface area contributed by atoms with Crippen molar-refractivity contribution in [2.45, 2.75) is 17.4 Å². The average molecular weight is 390 g/mol. The van der Waals surface area contributed by atoms with E-state index < -0.39 is 10.0 Å². The van der Waals surface area contributed by atoms with Crippen molar-refractivity contribution in [2.75, 3.05) is 44.3 Å². The molecule has 0 spiro atoms. The van der Waals surface area contributed by atoms with Crippen molar-refractivity contribution < 1.29 is 17.9 Å². The van der Waals surface area contributed by atoms with Gasteiger partial charge >= 0.3 is 0 Å². The summed E-state index contributed by atoms with van der Waals surface area (Å²) >= 11 is 0. The van der Waals surface area contributed by atoms with Crippen LogP contribution in [0.2, 0.25) is 0 Å². The third-order valence-corrected chi connectivity index (χ3v) is 6.60. The first-order valence-electron chi connectivity index (χ1n) is 9.00. The number of hydrogen-bond donors (Lipinski definition) is 0. The zero-order valence-electron chi connectivity index (χ0n) is 14.9. The zero-order valence-corrected chi connectivity index (χ0v) is 15.7. The van der Waals surface area contributed by atoms with E-state index in [0.29, 0.717) is 49.3 Å². The molecule has 8 nitrogen and oxygen atoms in total. The Bertz CT molecular complexity index is 872. The fraction of sp³-hybridized carbons (Fsp3) is 0.444. The van der Waals surface area contributed by atoms with Gasteiger partial charge in [0.15, 0.2) is 5.82 Å². The molecule has 0 saturated carbocycles. The maximum Gasteiger partial charge on any atom is 0.257 e. The number of morpholine rings is 1. The van der Waals surface area contributed by atoms with E-state index in [-0.39, 0.29) is 6.10 Å². The number of sulfonamides is 1. The number of aromatic nitrogens is 2. The van der Waals surface area contributed by atoms with Crippen molar-refractivity contribution in [3.8, 4) is 5.88 Å². The van der Waals surface area contributed by atoms with Crippen molar-refractivity contribution in [1.29, 1.82) is 0 Å². The lowest BCUT2D eigenvalue weighted by molar-refractivity contribution is 0.121. The fourth-order valence-corrected chi connectivity index (χ4v) is 4.81. The Kier molecular flexibility index (Phi) is 5.24. The van der Waals surface area contributed by atoms with Gasteiger partial charge in [-0.3, -0.25) is 0 Å². The van der Waals surface area contributed by atoms with Crippen LogP contribution in [0.3, 0.4) is 0 Å². The van der Waals surface area contributed by atoms with Gasteiger partial charge in [-0.2, -0.15) is 4.31 Å². The summed E-state index contributed by atoms with van der Waals surface area (Å²) < 4.78 is 38.4. The summed E-state index contributed by atoms with van der Waals surface area (Å²) in [6.45, 7) is 3.47. The Morgan fingerprint density at radius 2 is 1.78 bits per heavy atom. The molecule has 0 bridgehead atoms. The van der Waals surface area contributed by atoms with Crippen LogP contribution in [0.1, 0.15) is 6.42 Å². The summed E-state index contributed by atoms with van der Waals surface area (Å²) in [6.07, 6.45) is 3.59. The minimum Gasteiger partial charge on any atom is -0.470 e. The highest BCUT2D eigenvalue weighted by molar-refractivity contribution is 7.89. The van der Waals surface area contributed by atoms with Gasteiger partial charge in [-0.1, -0.05) is 18.2 Å². The Morgan fingerprint density at radius 1 is 1.04 bits per heavy atom. The van der Waals surface area contributed by atoms with Crippen LogP contribution in [-0.4, -0.2) is 68.2 Å². The third-order valence-electron chi connectivity index (χ3n) is 4.72. The second-order valence-corrected chi connectivity index (χ2v) is 8.43. The molecule has 2 aliphatic heterocycles. The van der Waals surface area contributed by atoms with E-state index in [0.717, 1.165) is 13.1 Å². The zero-order chi connectivity index (χ0) is 18.7. The molecule has 2 fully saturated rings. The molecule has 0 aliphatic carbocycles. The molecular formula is C18H22N4O4S. The van der Waals surface area contributed by atoms with E-state index >= 15 is 0 Å². The molecule has 2 aromatic rings. The molecule has 9 heteroatoms. The summed E-state index contributed by atoms with van der Waals surface area (Å²) in [5, 5.41) is 0. The molecule has 144 valence electrons. The van der Waals surface area contributed by atoms with Gasteiger partial charge in [0.25, 0.3) is 5.88 Å². The number of nitrogens with zero attached hydrogens (tertiary/aromatic N) is 4. The van der Waals surface area contributed by atoms with Gasteiger partial charge in [0.1, 0.15) is 6.10 Å². The minimum atomic E-state index is -3.50. The largest absolute Gasteiger partial charge is 0.470 e. The van der Waals surface area contributed by atoms with Crippen LogP contribution in [0, 0.1) is 0 Å². The van der Waals surface area contributed by atoms with Crippen molar-refractivity contribution in [3.63, 3.8) is 0 Å². The van der Waals surface area contributed by atoms with Gasteiger partial charge in [-0.15, -0.1) is 0 Å². The van der Waals surface area contributed by atoms with E-state index in [1.54, 1.807) is 42.7 Å². The molecular weight excluding hydrogens is 368 g/mol. The average Bonchev–Trinajstić information content (AvgIpc) is 3.19. The van der Waals surface area contributed by atoms with Gasteiger partial charge in [-0.05, 0) is 18.6 Å². The van der Waals surface area contributed by atoms with Crippen LogP contribution in [0.5, 0.6) is 5.88 Å². The monoisotopic (exact) mass is 390 g/mol. The van der Waals surface area contributed by atoms with Crippen LogP contribution in [0.25, 0.3) is 0 Å². The topological polar surface area (TPSA) is 84.9 Å². The highest BCUT2D eigenvalue weighted by atomic mass is 32.2. The molecule has 27 heavy (non-hydrogen) atoms. The lowest BCUT2D eigenvalue weighted by atomic mass is 10.3. The van der Waals surface area contributed by atoms with Gasteiger partial charge < -0.3 is 14.4 Å². The SMILES string of the molecule is O=S(=O)(c1ccccc1)N1CCC(Oc2nccnc2N2CCOCC2)C1. The number of hydrogen-bond acceptors (Lipinski definition) is 7. The smallest absolute Gasteiger partial charge is 0.257 e. The third kappa shape index (κ3) is 3.90. The van der Waals surface area contributed by atoms with Crippen molar-refractivity contribution in [3.05, 3.63) is 42.7 Å². The van der Waals surface area contributed by atoms with Crippen LogP contribution in [-0.2, 0) is 14.8 Å². The van der Waals surface area contributed by atoms with Crippen LogP contribution in [0.4, 0.5) is 5.82 Å². The van der Waals surface area contributed by atoms with E-state index in [4.69, 9.17) is 9.47 Å². The Hall–Kier alpha value is -2.23. The van der Waals surface area contributed by atoms with Crippen molar-refractivity contribution >= 4 is 15.8 Å². The van der Waals surface area contributed by atoms with Gasteiger partial charge in [0.2, 0.25) is 10.0 Å². The molecule has 3 heterocycles. The second kappa shape index (κ2) is 7.79. The maximum atomic E-state index is 12.8. The molecule has 1 aromatic carbocycles. The quantitative estimate of drug-likeness (QED) is 0.757. The van der Waals surface area contributed by atoms with Crippen LogP contribution >= 0.6 is 0 Å². The van der Waals surface area contributed by atoms with E-state index in [9.17, 15) is 8.42 Å². The Balaban J connectivity index is 1.46. The van der Waals surface area contributed by atoms with Crippen LogP contribution in [0.15, 0.2) is 47.6 Å². The lowest BCUT2D eigenvalue weighted by Gasteiger charge is -2.29. The molecule has 4 rings (SSSR count). The first-order valence-corrected chi connectivity index (χ1v) is 10.4. The predicted molar refractivity (Wildman–Crippen MR) is 99.3 cm³/mol. The molecule has 1 unspecified atom stereocenters. The van der Waals surface area contributed by atoms with Gasteiger partial charge in [-0.25, -0.2) is 18.4 Å². The van der Waals surface area contributed by atoms with Crippen LogP contribution < -0.4 is 9.64 Å². The minimum absolute atomic E-state index is 0.250. The summed E-state index contributed by atoms with van der Waals surface area (Å²) in [7, 11) is -3.50. The van der Waals surface area contributed by atoms with E-state index in [1.165, 1.54) is 4.31 Å². The number of ether oxygens (including phenoxy) is 2. The molecule has 2 saturated heterocycles. The normalized spacial score (nSPS) is 21.3. The van der Waals surface area contributed by atoms with Gasteiger partial charge in [0.05, 0.1) is 24.7 Å². The summed E-state index contributed by atoms with van der Waals surface area (Å²) in [6, 6.07) is 8.48. The molecule has 2 aliphatic rings. The van der Waals surface area contributed by atoms with Crippen molar-refractivity contribution in [1.82, 2.24) is 14.3 Å². The molecule has 1 aromatic heterocycles. The highest BCUT2D eigenvalue weighted by Gasteiger charge is 2.34. The van der Waals surface area contributed by atoms with E-state index in [2.05, 4.69) is 14.9 Å². The first-order chi connectivity index (χ1) is 13.1. The number of benzene rings is 1. The van der Waals surface area contributed by atoms with E-state index in [1.807, 2.05) is 0 Å². The highest BCUT2D eigenvalue weighted by Crippen LogP contribution is 2.28. The summed E-state index contributed by atoms with van der Waals surface area (Å²) in [5.41, 5.74) is 0. The summed E-state index contributed by atoms with van der Waals surface area (Å²) in [4.78, 5) is 11.1. The Morgan fingerprint density at radius 3 is 2.56 bits per heavy atom. The molecule has 0 amide bonds. The second-order valence-electron chi connectivity index (χ2n) is 6.49. The number of anilines is 1. The molecule has 1 atom stereocenters. The summed E-state index contributed by atoms with van der Waals surface area (Å²) in [5.74, 6) is 1.13. The standard InChI is InChI=1S/C18H22N4O4S/c23-27(24,16-4-2-1-3-5-16)22-9-6-15(14-22)26-18-17(19-7-8-20-18)21-10-12-25-13-11-21/h1-5,7-8,15H,6,9-14H2. The lowest BCUT2D eigenvalue weighted by Crippen LogP contribution is -2.37. The number of rotatable bonds is 5.